The Balaban J connectivity index is 1.38. The molecule has 1 spiro atoms. The molecule has 2 aromatic heterocycles. The number of hydrogen-bond acceptors (Lipinski definition) is 6. The van der Waals surface area contributed by atoms with Gasteiger partial charge in [-0.15, -0.1) is 0 Å². The van der Waals surface area contributed by atoms with Crippen molar-refractivity contribution in [2.75, 3.05) is 44.9 Å². The number of fused-ring (bicyclic) bond motifs is 2. The number of ether oxygens (including phenoxy) is 2. The Morgan fingerprint density at radius 2 is 2.00 bits per heavy atom. The van der Waals surface area contributed by atoms with E-state index in [4.69, 9.17) is 9.47 Å². The fourth-order valence-corrected chi connectivity index (χ4v) is 4.68. The number of pyridine rings is 2. The monoisotopic (exact) mass is 352 g/mol. The van der Waals surface area contributed by atoms with Crippen molar-refractivity contribution in [1.29, 1.82) is 0 Å². The minimum atomic E-state index is -0.00411. The highest BCUT2D eigenvalue weighted by Crippen LogP contribution is 2.42. The lowest BCUT2D eigenvalue weighted by molar-refractivity contribution is -0.116. The molecule has 0 aliphatic carbocycles. The Bertz CT molecular complexity index is 789. The maximum absolute atomic E-state index is 6.37. The Kier molecular flexibility index (Phi) is 3.83. The second-order valence-electron chi connectivity index (χ2n) is 7.58. The lowest BCUT2D eigenvalue weighted by Crippen LogP contribution is -2.61. The summed E-state index contributed by atoms with van der Waals surface area (Å²) in [6.45, 7) is 5.09. The van der Waals surface area contributed by atoms with Crippen molar-refractivity contribution in [3.63, 3.8) is 0 Å². The van der Waals surface area contributed by atoms with E-state index >= 15 is 0 Å². The lowest BCUT2D eigenvalue weighted by Gasteiger charge is -2.50. The van der Waals surface area contributed by atoms with Crippen LogP contribution in [0.1, 0.15) is 12.8 Å². The summed E-state index contributed by atoms with van der Waals surface area (Å²) < 4.78 is 11.5. The molecule has 0 unspecified atom stereocenters. The van der Waals surface area contributed by atoms with Crippen LogP contribution in [0.2, 0.25) is 0 Å². The van der Waals surface area contributed by atoms with Crippen LogP contribution in [0.3, 0.4) is 0 Å². The van der Waals surface area contributed by atoms with Gasteiger partial charge in [0.15, 0.2) is 0 Å². The summed E-state index contributed by atoms with van der Waals surface area (Å²) in [4.78, 5) is 13.7. The third kappa shape index (κ3) is 2.64. The van der Waals surface area contributed by atoms with Gasteiger partial charge in [-0.3, -0.25) is 0 Å². The third-order valence-electron chi connectivity index (χ3n) is 6.14. The largest absolute Gasteiger partial charge is 0.481 e. The van der Waals surface area contributed by atoms with Gasteiger partial charge in [0.25, 0.3) is 0 Å². The van der Waals surface area contributed by atoms with Crippen molar-refractivity contribution in [2.24, 2.45) is 5.92 Å². The SMILES string of the molecule is COc1ccc(-c2ccnc(N3CO[C@]4(CN5CCC4CC5)C3)c2)cn1. The Hall–Kier alpha value is -2.18. The predicted octanol–water partition coefficient (Wildman–Crippen LogP) is 2.41. The van der Waals surface area contributed by atoms with E-state index in [1.165, 1.54) is 25.9 Å². The molecule has 6 nitrogen and oxygen atoms in total. The van der Waals surface area contributed by atoms with Gasteiger partial charge in [0, 0.05) is 30.6 Å². The van der Waals surface area contributed by atoms with Crippen LogP contribution >= 0.6 is 0 Å². The van der Waals surface area contributed by atoms with Gasteiger partial charge in [0.05, 0.1) is 13.7 Å². The van der Waals surface area contributed by atoms with Crippen LogP contribution in [0.25, 0.3) is 11.1 Å². The molecule has 4 saturated heterocycles. The number of piperidine rings is 3. The second kappa shape index (κ2) is 6.21. The van der Waals surface area contributed by atoms with E-state index < -0.39 is 0 Å². The molecule has 0 aromatic carbocycles. The van der Waals surface area contributed by atoms with E-state index in [9.17, 15) is 0 Å². The average molecular weight is 352 g/mol. The molecule has 6 heterocycles. The van der Waals surface area contributed by atoms with Gasteiger partial charge >= 0.3 is 0 Å². The molecular formula is C20H24N4O2. The van der Waals surface area contributed by atoms with Crippen molar-refractivity contribution in [1.82, 2.24) is 14.9 Å². The number of nitrogens with zero attached hydrogens (tertiary/aromatic N) is 4. The third-order valence-corrected chi connectivity index (χ3v) is 6.14. The van der Waals surface area contributed by atoms with E-state index in [0.717, 1.165) is 30.0 Å². The van der Waals surface area contributed by atoms with E-state index in [0.29, 0.717) is 18.5 Å². The van der Waals surface area contributed by atoms with E-state index in [-0.39, 0.29) is 5.60 Å². The molecule has 4 fully saturated rings. The number of hydrogen-bond donors (Lipinski definition) is 0. The maximum Gasteiger partial charge on any atom is 0.212 e. The second-order valence-corrected chi connectivity index (χ2v) is 7.58. The Labute approximate surface area is 153 Å². The number of anilines is 1. The van der Waals surface area contributed by atoms with Crippen molar-refractivity contribution in [3.8, 4) is 17.0 Å². The minimum Gasteiger partial charge on any atom is -0.481 e. The normalized spacial score (nSPS) is 30.1. The van der Waals surface area contributed by atoms with E-state index in [1.807, 2.05) is 30.6 Å². The topological polar surface area (TPSA) is 50.7 Å². The molecule has 136 valence electrons. The van der Waals surface area contributed by atoms with E-state index in [2.05, 4.69) is 25.8 Å². The molecule has 6 rings (SSSR count). The van der Waals surface area contributed by atoms with Gasteiger partial charge in [-0.1, -0.05) is 0 Å². The molecule has 6 heteroatoms. The highest BCUT2D eigenvalue weighted by molar-refractivity contribution is 5.66. The Morgan fingerprint density at radius 1 is 1.12 bits per heavy atom. The minimum absolute atomic E-state index is 0.00411. The number of methoxy groups -OCH3 is 1. The molecule has 0 N–H and O–H groups in total. The van der Waals surface area contributed by atoms with Crippen molar-refractivity contribution >= 4 is 5.82 Å². The van der Waals surface area contributed by atoms with Crippen LogP contribution in [0.4, 0.5) is 5.82 Å². The molecule has 0 amide bonds. The van der Waals surface area contributed by atoms with Crippen molar-refractivity contribution < 1.29 is 9.47 Å². The summed E-state index contributed by atoms with van der Waals surface area (Å²) in [6.07, 6.45) is 6.24. The van der Waals surface area contributed by atoms with Gasteiger partial charge in [-0.05, 0) is 55.6 Å². The summed E-state index contributed by atoms with van der Waals surface area (Å²) in [6, 6.07) is 8.07. The van der Waals surface area contributed by atoms with Crippen LogP contribution in [0.5, 0.6) is 5.88 Å². The quantitative estimate of drug-likeness (QED) is 0.846. The van der Waals surface area contributed by atoms with Gasteiger partial charge in [0.2, 0.25) is 5.88 Å². The van der Waals surface area contributed by atoms with Gasteiger partial charge in [0.1, 0.15) is 18.1 Å². The Morgan fingerprint density at radius 3 is 2.69 bits per heavy atom. The summed E-state index contributed by atoms with van der Waals surface area (Å²) >= 11 is 0. The molecule has 0 saturated carbocycles. The van der Waals surface area contributed by atoms with Crippen LogP contribution in [0, 0.1) is 5.92 Å². The predicted molar refractivity (Wildman–Crippen MR) is 99.2 cm³/mol. The zero-order valence-electron chi connectivity index (χ0n) is 15.1. The first-order valence-corrected chi connectivity index (χ1v) is 9.33. The smallest absolute Gasteiger partial charge is 0.212 e. The first kappa shape index (κ1) is 16.0. The van der Waals surface area contributed by atoms with Crippen LogP contribution in [-0.2, 0) is 4.74 Å². The van der Waals surface area contributed by atoms with Gasteiger partial charge in [-0.2, -0.15) is 0 Å². The fraction of sp³-hybridized carbons (Fsp3) is 0.500. The summed E-state index contributed by atoms with van der Waals surface area (Å²) in [5, 5.41) is 0. The van der Waals surface area contributed by atoms with Crippen LogP contribution in [0.15, 0.2) is 36.7 Å². The first-order valence-electron chi connectivity index (χ1n) is 9.33. The lowest BCUT2D eigenvalue weighted by atomic mass is 9.75. The van der Waals surface area contributed by atoms with Crippen molar-refractivity contribution in [3.05, 3.63) is 36.7 Å². The molecule has 26 heavy (non-hydrogen) atoms. The van der Waals surface area contributed by atoms with Crippen LogP contribution < -0.4 is 9.64 Å². The fourth-order valence-electron chi connectivity index (χ4n) is 4.68. The zero-order valence-corrected chi connectivity index (χ0v) is 15.1. The molecular weight excluding hydrogens is 328 g/mol. The highest BCUT2D eigenvalue weighted by atomic mass is 16.5. The first-order chi connectivity index (χ1) is 12.8. The van der Waals surface area contributed by atoms with Crippen molar-refractivity contribution in [2.45, 2.75) is 18.4 Å². The molecule has 4 aliphatic heterocycles. The van der Waals surface area contributed by atoms with Gasteiger partial charge < -0.3 is 19.3 Å². The highest BCUT2D eigenvalue weighted by Gasteiger charge is 2.51. The summed E-state index contributed by atoms with van der Waals surface area (Å²) in [5.41, 5.74) is 2.17. The van der Waals surface area contributed by atoms with Gasteiger partial charge in [-0.25, -0.2) is 9.97 Å². The average Bonchev–Trinajstić information content (AvgIpc) is 3.12. The maximum atomic E-state index is 6.37. The molecule has 1 atom stereocenters. The zero-order chi connectivity index (χ0) is 17.6. The molecule has 2 bridgehead atoms. The number of rotatable bonds is 3. The molecule has 4 aliphatic rings. The molecule has 0 radical (unpaired) electrons. The molecule has 2 aromatic rings. The summed E-state index contributed by atoms with van der Waals surface area (Å²) in [5.74, 6) is 2.29. The van der Waals surface area contributed by atoms with E-state index in [1.54, 1.807) is 7.11 Å². The number of aromatic nitrogens is 2. The van der Waals surface area contributed by atoms with Crippen LogP contribution in [-0.4, -0.2) is 60.5 Å². The summed E-state index contributed by atoms with van der Waals surface area (Å²) in [7, 11) is 1.63. The standard InChI is InChI=1S/C20H24N4O2/c1-25-19-3-2-16(11-22-19)15-4-7-21-18(10-15)24-13-20(26-14-24)12-23-8-5-17(20)6-9-23/h2-4,7,10-11,17H,5-6,8-9,12-14H2,1H3/t20-/m1/s1.